The van der Waals surface area contributed by atoms with Crippen LogP contribution in [0.3, 0.4) is 0 Å². The Morgan fingerprint density at radius 3 is 2.89 bits per heavy atom. The molecule has 6 nitrogen and oxygen atoms in total. The van der Waals surface area contributed by atoms with Gasteiger partial charge in [0.15, 0.2) is 0 Å². The number of aryl methyl sites for hydroxylation is 2. The Balaban J connectivity index is 2.41. The number of carbonyl (C=O) groups excluding carboxylic acids is 1. The number of anilines is 1. The first-order valence-electron chi connectivity index (χ1n) is 6.81. The average Bonchev–Trinajstić information content (AvgIpc) is 2.64. The molecule has 6 heteroatoms. The minimum atomic E-state index is -0.0980. The van der Waals surface area contributed by atoms with Gasteiger partial charge in [-0.2, -0.15) is 5.10 Å². The van der Waals surface area contributed by atoms with Crippen molar-refractivity contribution >= 4 is 11.7 Å². The summed E-state index contributed by atoms with van der Waals surface area (Å²) in [5, 5.41) is 10.6. The molecule has 1 unspecified atom stereocenters. The van der Waals surface area contributed by atoms with Gasteiger partial charge >= 0.3 is 0 Å². The lowest BCUT2D eigenvalue weighted by atomic mass is 10.1. The van der Waals surface area contributed by atoms with Crippen molar-refractivity contribution in [3.05, 3.63) is 11.3 Å². The van der Waals surface area contributed by atoms with Crippen LogP contribution in [0.5, 0.6) is 0 Å². The number of aromatic nitrogens is 2. The molecule has 2 rings (SSSR count). The molecule has 0 bridgehead atoms. The van der Waals surface area contributed by atoms with Crippen LogP contribution < -0.4 is 15.5 Å². The first-order chi connectivity index (χ1) is 9.10. The third kappa shape index (κ3) is 2.45. The van der Waals surface area contributed by atoms with Gasteiger partial charge in [0.25, 0.3) is 0 Å². The van der Waals surface area contributed by atoms with E-state index < -0.39 is 0 Å². The predicted octanol–water partition coefficient (Wildman–Crippen LogP) is 0.163. The van der Waals surface area contributed by atoms with Gasteiger partial charge in [0.2, 0.25) is 5.91 Å². The summed E-state index contributed by atoms with van der Waals surface area (Å²) in [6.45, 7) is 6.35. The number of rotatable bonds is 4. The topological polar surface area (TPSA) is 62.2 Å². The van der Waals surface area contributed by atoms with Gasteiger partial charge in [-0.3, -0.25) is 9.48 Å². The van der Waals surface area contributed by atoms with Crippen LogP contribution in [0, 0.1) is 6.92 Å². The maximum Gasteiger partial charge on any atom is 0.242 e. The zero-order chi connectivity index (χ0) is 14.0. The van der Waals surface area contributed by atoms with Gasteiger partial charge in [0.1, 0.15) is 11.9 Å². The summed E-state index contributed by atoms with van der Waals surface area (Å²) in [6, 6.07) is -0.0980. The van der Waals surface area contributed by atoms with Gasteiger partial charge in [0.05, 0.1) is 5.69 Å². The molecule has 106 valence electrons. The summed E-state index contributed by atoms with van der Waals surface area (Å²) in [7, 11) is 3.87. The monoisotopic (exact) mass is 265 g/mol. The second kappa shape index (κ2) is 5.61. The quantitative estimate of drug-likeness (QED) is 0.814. The number of nitrogens with one attached hydrogen (secondary N) is 2. The van der Waals surface area contributed by atoms with E-state index in [1.54, 1.807) is 0 Å². The Morgan fingerprint density at radius 2 is 2.26 bits per heavy atom. The second-order valence-electron chi connectivity index (χ2n) is 4.95. The minimum absolute atomic E-state index is 0.0980. The Hall–Kier alpha value is -1.56. The summed E-state index contributed by atoms with van der Waals surface area (Å²) >= 11 is 0. The van der Waals surface area contributed by atoms with Gasteiger partial charge in [-0.05, 0) is 20.4 Å². The van der Waals surface area contributed by atoms with Crippen LogP contribution in [0.25, 0.3) is 0 Å². The lowest BCUT2D eigenvalue weighted by Crippen LogP contribution is -2.56. The number of carbonyl (C=O) groups is 1. The zero-order valence-electron chi connectivity index (χ0n) is 12.2. The van der Waals surface area contributed by atoms with Gasteiger partial charge < -0.3 is 15.5 Å². The van der Waals surface area contributed by atoms with E-state index in [1.165, 1.54) is 5.56 Å². The number of hydrogen-bond acceptors (Lipinski definition) is 4. The number of amides is 1. The maximum absolute atomic E-state index is 12.0. The summed E-state index contributed by atoms with van der Waals surface area (Å²) in [5.74, 6) is 1.18. The van der Waals surface area contributed by atoms with Crippen LogP contribution in [-0.4, -0.2) is 41.9 Å². The van der Waals surface area contributed by atoms with Crippen molar-refractivity contribution in [1.29, 1.82) is 0 Å². The van der Waals surface area contributed by atoms with Gasteiger partial charge in [-0.1, -0.05) is 6.92 Å². The van der Waals surface area contributed by atoms with Crippen molar-refractivity contribution in [1.82, 2.24) is 20.4 Å². The first kappa shape index (κ1) is 13.9. The van der Waals surface area contributed by atoms with E-state index in [-0.39, 0.29) is 11.9 Å². The summed E-state index contributed by atoms with van der Waals surface area (Å²) in [5.41, 5.74) is 2.20. The van der Waals surface area contributed by atoms with E-state index in [9.17, 15) is 4.79 Å². The third-order valence-corrected chi connectivity index (χ3v) is 3.66. The third-order valence-electron chi connectivity index (χ3n) is 3.66. The molecular formula is C13H23N5O. The molecule has 0 radical (unpaired) electrons. The van der Waals surface area contributed by atoms with Crippen LogP contribution in [-0.2, 0) is 18.4 Å². The lowest BCUT2D eigenvalue weighted by molar-refractivity contribution is -0.123. The largest absolute Gasteiger partial charge is 0.353 e. The maximum atomic E-state index is 12.0. The normalized spacial score (nSPS) is 19.7. The fraction of sp³-hybridized carbons (Fsp3) is 0.692. The summed E-state index contributed by atoms with van der Waals surface area (Å²) < 4.78 is 1.89. The highest BCUT2D eigenvalue weighted by molar-refractivity contribution is 5.86. The van der Waals surface area contributed by atoms with Crippen LogP contribution in [0.2, 0.25) is 0 Å². The smallest absolute Gasteiger partial charge is 0.242 e. The highest BCUT2D eigenvalue weighted by Crippen LogP contribution is 2.26. The fourth-order valence-corrected chi connectivity index (χ4v) is 2.81. The van der Waals surface area contributed by atoms with E-state index in [1.807, 2.05) is 32.6 Å². The summed E-state index contributed by atoms with van der Waals surface area (Å²) in [6.07, 6.45) is 0.801. The second-order valence-corrected chi connectivity index (χ2v) is 4.95. The summed E-state index contributed by atoms with van der Waals surface area (Å²) in [4.78, 5) is 14.2. The molecule has 1 aliphatic heterocycles. The Bertz CT molecular complexity index is 468. The van der Waals surface area contributed by atoms with E-state index in [4.69, 9.17) is 0 Å². The van der Waals surface area contributed by atoms with Crippen LogP contribution in [0.4, 0.5) is 5.82 Å². The van der Waals surface area contributed by atoms with Crippen molar-refractivity contribution in [2.75, 3.05) is 25.0 Å². The lowest BCUT2D eigenvalue weighted by Gasteiger charge is -2.36. The van der Waals surface area contributed by atoms with E-state index in [0.717, 1.165) is 31.0 Å². The van der Waals surface area contributed by atoms with Gasteiger partial charge in [-0.15, -0.1) is 0 Å². The van der Waals surface area contributed by atoms with E-state index >= 15 is 0 Å². The van der Waals surface area contributed by atoms with Crippen molar-refractivity contribution < 1.29 is 4.79 Å². The van der Waals surface area contributed by atoms with E-state index in [2.05, 4.69) is 20.6 Å². The fourth-order valence-electron chi connectivity index (χ4n) is 2.81. The Kier molecular flexibility index (Phi) is 4.09. The highest BCUT2D eigenvalue weighted by Gasteiger charge is 2.31. The van der Waals surface area contributed by atoms with Crippen LogP contribution in [0.15, 0.2) is 0 Å². The SMILES string of the molecule is CCC1C(=O)NCCN1c1c(CNC)c(C)nn1C. The van der Waals surface area contributed by atoms with Crippen molar-refractivity contribution in [2.45, 2.75) is 32.9 Å². The van der Waals surface area contributed by atoms with Crippen LogP contribution in [0.1, 0.15) is 24.6 Å². The molecule has 0 spiro atoms. The predicted molar refractivity (Wildman–Crippen MR) is 75.1 cm³/mol. The number of nitrogens with zero attached hydrogens (tertiary/aromatic N) is 3. The first-order valence-corrected chi connectivity index (χ1v) is 6.81. The minimum Gasteiger partial charge on any atom is -0.353 e. The number of piperazine rings is 1. The average molecular weight is 265 g/mol. The van der Waals surface area contributed by atoms with Crippen molar-refractivity contribution in [3.63, 3.8) is 0 Å². The molecule has 1 aromatic heterocycles. The molecule has 0 aliphatic carbocycles. The molecule has 2 heterocycles. The van der Waals surface area contributed by atoms with Gasteiger partial charge in [-0.25, -0.2) is 0 Å². The molecule has 0 saturated carbocycles. The van der Waals surface area contributed by atoms with Crippen LogP contribution >= 0.6 is 0 Å². The standard InChI is InChI=1S/C13H23N5O/c1-5-11-12(19)15-6-7-18(11)13-10(8-14-3)9(2)16-17(13)4/h11,14H,5-8H2,1-4H3,(H,15,19). The Morgan fingerprint density at radius 1 is 1.53 bits per heavy atom. The Labute approximate surface area is 114 Å². The molecule has 1 saturated heterocycles. The molecule has 1 amide bonds. The molecular weight excluding hydrogens is 242 g/mol. The molecule has 1 aromatic rings. The highest BCUT2D eigenvalue weighted by atomic mass is 16.2. The molecule has 0 aromatic carbocycles. The molecule has 2 N–H and O–H groups in total. The zero-order valence-corrected chi connectivity index (χ0v) is 12.2. The molecule has 19 heavy (non-hydrogen) atoms. The van der Waals surface area contributed by atoms with E-state index in [0.29, 0.717) is 6.54 Å². The van der Waals surface area contributed by atoms with Crippen molar-refractivity contribution in [3.8, 4) is 0 Å². The number of hydrogen-bond donors (Lipinski definition) is 2. The van der Waals surface area contributed by atoms with Gasteiger partial charge in [0, 0.05) is 32.2 Å². The molecule has 1 aliphatic rings. The molecule has 1 fully saturated rings. The van der Waals surface area contributed by atoms with Crippen molar-refractivity contribution in [2.24, 2.45) is 7.05 Å². The molecule has 1 atom stereocenters.